The molecule has 9 nitrogen and oxygen atoms in total. The Kier molecular flexibility index (Phi) is 4.19. The summed E-state index contributed by atoms with van der Waals surface area (Å²) in [4.78, 5) is 47.7. The molecule has 0 aliphatic carbocycles. The minimum absolute atomic E-state index is 0.0139. The number of benzene rings is 2. The Balaban J connectivity index is 2.02. The van der Waals surface area contributed by atoms with E-state index in [1.165, 1.54) is 48.5 Å². The largest absolute Gasteiger partial charge is 0.508 e. The fourth-order valence-electron chi connectivity index (χ4n) is 2.37. The Bertz CT molecular complexity index is 965. The second-order valence-corrected chi connectivity index (χ2v) is 5.33. The number of hydrogen-bond acceptors (Lipinski definition) is 6. The maximum absolute atomic E-state index is 12.7. The molecule has 4 amide bonds. The highest BCUT2D eigenvalue weighted by Gasteiger charge is 2.37. The van der Waals surface area contributed by atoms with Crippen LogP contribution in [0.15, 0.2) is 54.1 Å². The lowest BCUT2D eigenvalue weighted by Crippen LogP contribution is -2.54. The molecule has 2 aromatic rings. The first-order chi connectivity index (χ1) is 12.4. The molecule has 2 aromatic carbocycles. The molecule has 0 radical (unpaired) electrons. The van der Waals surface area contributed by atoms with E-state index >= 15 is 0 Å². The van der Waals surface area contributed by atoms with Crippen LogP contribution in [0.25, 0.3) is 6.08 Å². The molecular formula is C17H11N3O6. The zero-order valence-electron chi connectivity index (χ0n) is 13.1. The third kappa shape index (κ3) is 3.13. The summed E-state index contributed by atoms with van der Waals surface area (Å²) in [7, 11) is 0. The Hall–Kier alpha value is -4.01. The minimum Gasteiger partial charge on any atom is -0.508 e. The van der Waals surface area contributed by atoms with Crippen molar-refractivity contribution in [2.45, 2.75) is 0 Å². The Morgan fingerprint density at radius 1 is 1.08 bits per heavy atom. The number of aromatic hydroxyl groups is 1. The Labute approximate surface area is 146 Å². The van der Waals surface area contributed by atoms with Crippen LogP contribution in [-0.4, -0.2) is 27.9 Å². The highest BCUT2D eigenvalue weighted by atomic mass is 16.6. The molecule has 130 valence electrons. The molecule has 1 aliphatic rings. The molecule has 0 unspecified atom stereocenters. The Morgan fingerprint density at radius 3 is 2.42 bits per heavy atom. The number of hydrogen-bond donors (Lipinski definition) is 2. The van der Waals surface area contributed by atoms with Crippen molar-refractivity contribution < 1.29 is 24.4 Å². The minimum atomic E-state index is -0.997. The zero-order valence-corrected chi connectivity index (χ0v) is 13.1. The van der Waals surface area contributed by atoms with E-state index < -0.39 is 22.8 Å². The number of rotatable bonds is 3. The van der Waals surface area contributed by atoms with Gasteiger partial charge in [-0.2, -0.15) is 0 Å². The van der Waals surface area contributed by atoms with Gasteiger partial charge in [0.2, 0.25) is 0 Å². The van der Waals surface area contributed by atoms with Gasteiger partial charge in [0.1, 0.15) is 11.3 Å². The van der Waals surface area contributed by atoms with Gasteiger partial charge in [0.25, 0.3) is 17.5 Å². The molecule has 9 heteroatoms. The molecule has 0 aromatic heterocycles. The average molecular weight is 353 g/mol. The third-order valence-corrected chi connectivity index (χ3v) is 3.60. The first-order valence-corrected chi connectivity index (χ1v) is 7.32. The van der Waals surface area contributed by atoms with E-state index in [-0.39, 0.29) is 22.7 Å². The lowest BCUT2D eigenvalue weighted by molar-refractivity contribution is -0.384. The summed E-state index contributed by atoms with van der Waals surface area (Å²) < 4.78 is 0. The summed E-state index contributed by atoms with van der Waals surface area (Å²) >= 11 is 0. The van der Waals surface area contributed by atoms with Crippen LogP contribution in [0.4, 0.5) is 16.2 Å². The van der Waals surface area contributed by atoms with Gasteiger partial charge in [0.05, 0.1) is 10.6 Å². The molecule has 0 saturated carbocycles. The third-order valence-electron chi connectivity index (χ3n) is 3.60. The van der Waals surface area contributed by atoms with E-state index in [1.54, 1.807) is 0 Å². The number of nitro groups is 1. The first-order valence-electron chi connectivity index (χ1n) is 7.32. The second kappa shape index (κ2) is 6.48. The van der Waals surface area contributed by atoms with Gasteiger partial charge >= 0.3 is 6.03 Å². The lowest BCUT2D eigenvalue weighted by atomic mass is 10.1. The van der Waals surface area contributed by atoms with Crippen LogP contribution in [0.5, 0.6) is 5.75 Å². The van der Waals surface area contributed by atoms with Crippen LogP contribution in [0.1, 0.15) is 5.56 Å². The maximum atomic E-state index is 12.7. The van der Waals surface area contributed by atoms with Crippen molar-refractivity contribution in [3.63, 3.8) is 0 Å². The molecular weight excluding hydrogens is 342 g/mol. The molecule has 1 heterocycles. The van der Waals surface area contributed by atoms with Gasteiger partial charge in [-0.05, 0) is 29.8 Å². The van der Waals surface area contributed by atoms with Crippen molar-refractivity contribution in [1.29, 1.82) is 0 Å². The number of nitrogens with one attached hydrogen (secondary N) is 1. The summed E-state index contributed by atoms with van der Waals surface area (Å²) in [5.41, 5.74) is -0.202. The quantitative estimate of drug-likeness (QED) is 0.375. The van der Waals surface area contributed by atoms with Crippen LogP contribution < -0.4 is 10.2 Å². The SMILES string of the molecule is O=C1NC(=O)N(c2cccc([N+](=O)[O-])c2)C(=O)/C1=C/c1ccc(O)cc1. The van der Waals surface area contributed by atoms with Crippen molar-refractivity contribution >= 4 is 35.3 Å². The van der Waals surface area contributed by atoms with Crippen LogP contribution in [-0.2, 0) is 9.59 Å². The number of barbiturate groups is 1. The van der Waals surface area contributed by atoms with Crippen molar-refractivity contribution in [1.82, 2.24) is 5.32 Å². The van der Waals surface area contributed by atoms with Gasteiger partial charge in [0.15, 0.2) is 0 Å². The maximum Gasteiger partial charge on any atom is 0.335 e. The zero-order chi connectivity index (χ0) is 18.8. The van der Waals surface area contributed by atoms with Crippen molar-refractivity contribution in [2.24, 2.45) is 0 Å². The normalized spacial score (nSPS) is 15.9. The van der Waals surface area contributed by atoms with Crippen LogP contribution >= 0.6 is 0 Å². The number of urea groups is 1. The van der Waals surface area contributed by atoms with Gasteiger partial charge in [-0.15, -0.1) is 0 Å². The predicted molar refractivity (Wildman–Crippen MR) is 90.2 cm³/mol. The van der Waals surface area contributed by atoms with Crippen LogP contribution in [0, 0.1) is 10.1 Å². The summed E-state index contributed by atoms with van der Waals surface area (Å²) in [6, 6.07) is 9.67. The number of non-ortho nitro benzene ring substituents is 1. The number of imide groups is 2. The molecule has 1 aliphatic heterocycles. The van der Waals surface area contributed by atoms with Gasteiger partial charge in [0, 0.05) is 12.1 Å². The number of carbonyl (C=O) groups is 3. The van der Waals surface area contributed by atoms with E-state index in [9.17, 15) is 29.6 Å². The number of nitrogens with zero attached hydrogens (tertiary/aromatic N) is 2. The van der Waals surface area contributed by atoms with Gasteiger partial charge in [-0.1, -0.05) is 18.2 Å². The summed E-state index contributed by atoms with van der Waals surface area (Å²) in [6.45, 7) is 0. The molecule has 0 bridgehead atoms. The Morgan fingerprint density at radius 2 is 1.77 bits per heavy atom. The van der Waals surface area contributed by atoms with E-state index in [0.717, 1.165) is 6.07 Å². The molecule has 1 saturated heterocycles. The average Bonchev–Trinajstić information content (AvgIpc) is 2.60. The number of phenolic OH excluding ortho intramolecular Hbond substituents is 1. The molecule has 0 atom stereocenters. The summed E-state index contributed by atoms with van der Waals surface area (Å²) in [6.07, 6.45) is 1.26. The first kappa shape index (κ1) is 16.8. The molecule has 1 fully saturated rings. The lowest BCUT2D eigenvalue weighted by Gasteiger charge is -2.26. The fourth-order valence-corrected chi connectivity index (χ4v) is 2.37. The van der Waals surface area contributed by atoms with Crippen molar-refractivity contribution in [2.75, 3.05) is 4.90 Å². The molecule has 3 rings (SSSR count). The van der Waals surface area contributed by atoms with Crippen LogP contribution in [0.2, 0.25) is 0 Å². The highest BCUT2D eigenvalue weighted by Crippen LogP contribution is 2.25. The van der Waals surface area contributed by atoms with E-state index in [4.69, 9.17) is 0 Å². The standard InChI is InChI=1S/C17H11N3O6/c21-13-6-4-10(5-7-13)8-14-15(22)18-17(24)19(16(14)23)11-2-1-3-12(9-11)20(25)26/h1-9,21H,(H,18,22,24)/b14-8+. The van der Waals surface area contributed by atoms with Crippen LogP contribution in [0.3, 0.4) is 0 Å². The molecule has 0 spiro atoms. The number of anilines is 1. The molecule has 26 heavy (non-hydrogen) atoms. The van der Waals surface area contributed by atoms with E-state index in [1.807, 2.05) is 5.32 Å². The van der Waals surface area contributed by atoms with Crippen molar-refractivity contribution in [3.8, 4) is 5.75 Å². The number of nitro benzene ring substituents is 1. The summed E-state index contributed by atoms with van der Waals surface area (Å²) in [5.74, 6) is -1.78. The van der Waals surface area contributed by atoms with Crippen molar-refractivity contribution in [3.05, 3.63) is 69.8 Å². The number of carbonyl (C=O) groups excluding carboxylic acids is 3. The van der Waals surface area contributed by atoms with Gasteiger partial charge in [-0.25, -0.2) is 9.69 Å². The smallest absolute Gasteiger partial charge is 0.335 e. The van der Waals surface area contributed by atoms with E-state index in [2.05, 4.69) is 0 Å². The second-order valence-electron chi connectivity index (χ2n) is 5.33. The highest BCUT2D eigenvalue weighted by molar-refractivity contribution is 6.39. The topological polar surface area (TPSA) is 130 Å². The predicted octanol–water partition coefficient (Wildman–Crippen LogP) is 1.97. The summed E-state index contributed by atoms with van der Waals surface area (Å²) in [5, 5.41) is 22.2. The van der Waals surface area contributed by atoms with Gasteiger partial charge in [-0.3, -0.25) is 25.0 Å². The fraction of sp³-hybridized carbons (Fsp3) is 0. The van der Waals surface area contributed by atoms with E-state index in [0.29, 0.717) is 10.5 Å². The number of phenols is 1. The monoisotopic (exact) mass is 353 g/mol. The molecule has 2 N–H and O–H groups in total. The van der Waals surface area contributed by atoms with Gasteiger partial charge < -0.3 is 5.11 Å². The number of amides is 4.